The quantitative estimate of drug-likeness (QED) is 0.708. The lowest BCUT2D eigenvalue weighted by Crippen LogP contribution is -2.46. The molecule has 0 radical (unpaired) electrons. The lowest BCUT2D eigenvalue weighted by atomic mass is 9.98. The normalized spacial score (nSPS) is 19.3. The highest BCUT2D eigenvalue weighted by Gasteiger charge is 2.27. The average molecular weight is 446 g/mol. The summed E-state index contributed by atoms with van der Waals surface area (Å²) < 4.78 is 10.7. The number of piperidine rings is 1. The fourth-order valence-electron chi connectivity index (χ4n) is 3.80. The first kappa shape index (κ1) is 21.5. The molecule has 2 aromatic rings. The molecular formula is C21H27N5O4S. The summed E-state index contributed by atoms with van der Waals surface area (Å²) in [6, 6.07) is 7.08. The number of nitrogens with zero attached hydrogens (tertiary/aromatic N) is 3. The first-order valence-electron chi connectivity index (χ1n) is 10.6. The number of hydrogen-bond donors (Lipinski definition) is 2. The summed E-state index contributed by atoms with van der Waals surface area (Å²) in [5.41, 5.74) is 0.671. The molecule has 10 heteroatoms. The molecule has 31 heavy (non-hydrogen) atoms. The predicted molar refractivity (Wildman–Crippen MR) is 117 cm³/mol. The van der Waals surface area contributed by atoms with E-state index in [1.54, 1.807) is 31.4 Å². The van der Waals surface area contributed by atoms with Gasteiger partial charge in [0.05, 0.1) is 13.2 Å². The smallest absolute Gasteiger partial charge is 0.317 e. The van der Waals surface area contributed by atoms with E-state index in [-0.39, 0.29) is 24.0 Å². The minimum atomic E-state index is -0.278. The van der Waals surface area contributed by atoms with E-state index in [2.05, 4.69) is 20.8 Å². The first-order valence-corrected chi connectivity index (χ1v) is 11.4. The van der Waals surface area contributed by atoms with Gasteiger partial charge in [-0.05, 0) is 49.9 Å². The third-order valence-corrected chi connectivity index (χ3v) is 6.70. The number of carbonyl (C=O) groups excluding carboxylic acids is 2. The molecule has 1 unspecified atom stereocenters. The van der Waals surface area contributed by atoms with Crippen LogP contribution >= 0.6 is 11.3 Å². The Morgan fingerprint density at radius 3 is 2.65 bits per heavy atom. The van der Waals surface area contributed by atoms with Gasteiger partial charge in [0.1, 0.15) is 10.8 Å². The number of nitrogens with one attached hydrogen (secondary N) is 2. The van der Waals surface area contributed by atoms with Gasteiger partial charge in [0.15, 0.2) is 0 Å². The zero-order valence-electron chi connectivity index (χ0n) is 17.5. The molecule has 0 saturated carbocycles. The summed E-state index contributed by atoms with van der Waals surface area (Å²) in [6.07, 6.45) is 3.83. The van der Waals surface area contributed by atoms with Gasteiger partial charge in [0.2, 0.25) is 5.01 Å². The molecule has 1 aromatic heterocycles. The standard InChI is InChI=1S/C21H27N5O4S/c1-29-16-6-4-15(5-7-16)23-18(27)20-25-24-19(31-20)14-8-10-26(11-9-14)21(28)22-13-17-3-2-12-30-17/h4-7,14,17H,2-3,8-13H2,1H3,(H,22,28)(H,23,27). The summed E-state index contributed by atoms with van der Waals surface area (Å²) in [4.78, 5) is 26.7. The zero-order chi connectivity index (χ0) is 21.6. The molecule has 4 rings (SSSR count). The van der Waals surface area contributed by atoms with Gasteiger partial charge >= 0.3 is 6.03 Å². The highest BCUT2D eigenvalue weighted by molar-refractivity contribution is 7.13. The SMILES string of the molecule is COc1ccc(NC(=O)c2nnc(C3CCN(C(=O)NCC4CCCO4)CC3)s2)cc1. The van der Waals surface area contributed by atoms with Gasteiger partial charge in [-0.15, -0.1) is 10.2 Å². The maximum absolute atomic E-state index is 12.5. The topological polar surface area (TPSA) is 106 Å². The molecule has 2 aliphatic heterocycles. The molecule has 2 fully saturated rings. The molecule has 2 N–H and O–H groups in total. The zero-order valence-corrected chi connectivity index (χ0v) is 18.3. The van der Waals surface area contributed by atoms with E-state index in [4.69, 9.17) is 9.47 Å². The van der Waals surface area contributed by atoms with Crippen molar-refractivity contribution < 1.29 is 19.1 Å². The van der Waals surface area contributed by atoms with Gasteiger partial charge in [-0.25, -0.2) is 4.79 Å². The summed E-state index contributed by atoms with van der Waals surface area (Å²) >= 11 is 1.32. The number of benzene rings is 1. The van der Waals surface area contributed by atoms with Crippen LogP contribution in [0.2, 0.25) is 0 Å². The summed E-state index contributed by atoms with van der Waals surface area (Å²) in [5.74, 6) is 0.658. The number of aromatic nitrogens is 2. The second-order valence-corrected chi connectivity index (χ2v) is 8.72. The number of hydrogen-bond acceptors (Lipinski definition) is 7. The first-order chi connectivity index (χ1) is 15.1. The van der Waals surface area contributed by atoms with Gasteiger partial charge in [-0.2, -0.15) is 0 Å². The Hall–Kier alpha value is -2.72. The predicted octanol–water partition coefficient (Wildman–Crippen LogP) is 2.87. The van der Waals surface area contributed by atoms with E-state index < -0.39 is 0 Å². The van der Waals surface area contributed by atoms with E-state index >= 15 is 0 Å². The lowest BCUT2D eigenvalue weighted by Gasteiger charge is -2.31. The number of carbonyl (C=O) groups is 2. The summed E-state index contributed by atoms with van der Waals surface area (Å²) in [6.45, 7) is 2.68. The Morgan fingerprint density at radius 1 is 1.19 bits per heavy atom. The monoisotopic (exact) mass is 445 g/mol. The Labute approximate surface area is 185 Å². The molecule has 0 spiro atoms. The largest absolute Gasteiger partial charge is 0.497 e. The molecule has 9 nitrogen and oxygen atoms in total. The van der Waals surface area contributed by atoms with Crippen molar-refractivity contribution in [1.29, 1.82) is 0 Å². The van der Waals surface area contributed by atoms with E-state index in [0.717, 1.165) is 43.0 Å². The van der Waals surface area contributed by atoms with Crippen LogP contribution in [0.25, 0.3) is 0 Å². The second kappa shape index (κ2) is 10.1. The highest BCUT2D eigenvalue weighted by Crippen LogP contribution is 2.30. The van der Waals surface area contributed by atoms with Crippen LogP contribution in [0.5, 0.6) is 5.75 Å². The van der Waals surface area contributed by atoms with Crippen LogP contribution in [0.15, 0.2) is 24.3 Å². The van der Waals surface area contributed by atoms with Gasteiger partial charge in [0.25, 0.3) is 5.91 Å². The second-order valence-electron chi connectivity index (χ2n) is 7.71. The van der Waals surface area contributed by atoms with Gasteiger partial charge in [-0.3, -0.25) is 4.79 Å². The van der Waals surface area contributed by atoms with Crippen molar-refractivity contribution in [3.05, 3.63) is 34.3 Å². The van der Waals surface area contributed by atoms with Crippen molar-refractivity contribution in [2.45, 2.75) is 37.7 Å². The van der Waals surface area contributed by atoms with Crippen LogP contribution in [0, 0.1) is 0 Å². The van der Waals surface area contributed by atoms with Crippen molar-refractivity contribution in [3.63, 3.8) is 0 Å². The molecule has 0 bridgehead atoms. The highest BCUT2D eigenvalue weighted by atomic mass is 32.1. The van der Waals surface area contributed by atoms with Crippen molar-refractivity contribution in [2.75, 3.05) is 38.7 Å². The van der Waals surface area contributed by atoms with Crippen molar-refractivity contribution >= 4 is 29.0 Å². The van der Waals surface area contributed by atoms with E-state index in [1.807, 2.05) is 4.90 Å². The van der Waals surface area contributed by atoms with Gasteiger partial charge < -0.3 is 25.0 Å². The van der Waals surface area contributed by atoms with Crippen molar-refractivity contribution in [1.82, 2.24) is 20.4 Å². The lowest BCUT2D eigenvalue weighted by molar-refractivity contribution is 0.102. The van der Waals surface area contributed by atoms with Gasteiger partial charge in [0, 0.05) is 37.8 Å². The average Bonchev–Trinajstić information content (AvgIpc) is 3.50. The number of ether oxygens (including phenoxy) is 2. The van der Waals surface area contributed by atoms with Gasteiger partial charge in [-0.1, -0.05) is 11.3 Å². The Bertz CT molecular complexity index is 889. The number of likely N-dealkylation sites (tertiary alicyclic amines) is 1. The molecule has 0 aliphatic carbocycles. The molecule has 3 heterocycles. The molecule has 1 atom stereocenters. The molecule has 1 aromatic carbocycles. The summed E-state index contributed by atoms with van der Waals surface area (Å²) in [5, 5.41) is 15.3. The maximum atomic E-state index is 12.5. The number of rotatable bonds is 6. The van der Waals surface area contributed by atoms with Crippen molar-refractivity contribution in [2.24, 2.45) is 0 Å². The van der Waals surface area contributed by atoms with Crippen LogP contribution in [0.4, 0.5) is 10.5 Å². The third kappa shape index (κ3) is 5.50. The van der Waals surface area contributed by atoms with E-state index in [0.29, 0.717) is 30.3 Å². The number of anilines is 1. The number of methoxy groups -OCH3 is 1. The fourth-order valence-corrected chi connectivity index (χ4v) is 4.71. The fraction of sp³-hybridized carbons (Fsp3) is 0.524. The van der Waals surface area contributed by atoms with E-state index in [9.17, 15) is 9.59 Å². The number of amides is 3. The molecular weight excluding hydrogens is 418 g/mol. The molecule has 2 saturated heterocycles. The third-order valence-electron chi connectivity index (χ3n) is 5.62. The van der Waals surface area contributed by atoms with Crippen LogP contribution in [0.1, 0.15) is 46.4 Å². The number of urea groups is 1. The molecule has 2 aliphatic rings. The molecule has 3 amide bonds. The Balaban J connectivity index is 1.25. The van der Waals surface area contributed by atoms with Crippen LogP contribution in [-0.4, -0.2) is 66.5 Å². The van der Waals surface area contributed by atoms with Crippen LogP contribution < -0.4 is 15.4 Å². The van der Waals surface area contributed by atoms with Crippen LogP contribution in [0.3, 0.4) is 0 Å². The Morgan fingerprint density at radius 2 is 1.97 bits per heavy atom. The summed E-state index contributed by atoms with van der Waals surface area (Å²) in [7, 11) is 1.60. The minimum Gasteiger partial charge on any atom is -0.497 e. The van der Waals surface area contributed by atoms with Crippen LogP contribution in [-0.2, 0) is 4.74 Å². The van der Waals surface area contributed by atoms with E-state index in [1.165, 1.54) is 11.3 Å². The van der Waals surface area contributed by atoms with Crippen molar-refractivity contribution in [3.8, 4) is 5.75 Å². The minimum absolute atomic E-state index is 0.0363. The Kier molecular flexibility index (Phi) is 6.98. The molecule has 166 valence electrons. The maximum Gasteiger partial charge on any atom is 0.317 e.